The molecule has 0 atom stereocenters. The zero-order valence-corrected chi connectivity index (χ0v) is 11.0. The molecule has 15 heavy (non-hydrogen) atoms. The molecule has 1 aromatic carbocycles. The number of thiocarbonyl (C=S) groups is 1. The first-order valence-corrected chi connectivity index (χ1v) is 5.73. The second-order valence-corrected chi connectivity index (χ2v) is 5.44. The van der Waals surface area contributed by atoms with Crippen LogP contribution in [0.3, 0.4) is 0 Å². The maximum absolute atomic E-state index is 6.07. The second-order valence-electron chi connectivity index (χ2n) is 4.16. The Morgan fingerprint density at radius 1 is 1.40 bits per heavy atom. The first-order chi connectivity index (χ1) is 6.83. The molecule has 0 aliphatic carbocycles. The quantitative estimate of drug-likeness (QED) is 0.837. The Bertz CT molecular complexity index is 388. The number of nitrogens with two attached hydrogens (primary N) is 1. The summed E-state index contributed by atoms with van der Waals surface area (Å²) in [5, 5.41) is 1.30. The Labute approximate surface area is 106 Å². The lowest BCUT2D eigenvalue weighted by molar-refractivity contribution is 0.523. The van der Waals surface area contributed by atoms with Crippen molar-refractivity contribution in [3.63, 3.8) is 0 Å². The molecule has 0 spiro atoms. The predicted molar refractivity (Wildman–Crippen MR) is 70.7 cm³/mol. The SMILES string of the molecule is CC(C)(Cc1ccc(Cl)cc1Cl)C(N)=S. The van der Waals surface area contributed by atoms with E-state index in [1.54, 1.807) is 6.07 Å². The fourth-order valence-corrected chi connectivity index (χ4v) is 1.78. The summed E-state index contributed by atoms with van der Waals surface area (Å²) < 4.78 is 0. The third-order valence-electron chi connectivity index (χ3n) is 2.31. The molecule has 4 heteroatoms. The summed E-state index contributed by atoms with van der Waals surface area (Å²) in [6, 6.07) is 5.46. The van der Waals surface area contributed by atoms with Crippen molar-refractivity contribution in [3.05, 3.63) is 33.8 Å². The smallest absolute Gasteiger partial charge is 0.0787 e. The monoisotopic (exact) mass is 261 g/mol. The van der Waals surface area contributed by atoms with Gasteiger partial charge in [-0.2, -0.15) is 0 Å². The standard InChI is InChI=1S/C11H13Cl2NS/c1-11(2,10(14)15)6-7-3-4-8(12)5-9(7)13/h3-5H,6H2,1-2H3,(H2,14,15). The number of hydrogen-bond donors (Lipinski definition) is 1. The second kappa shape index (κ2) is 4.69. The molecular formula is C11H13Cl2NS. The van der Waals surface area contributed by atoms with E-state index in [2.05, 4.69) is 0 Å². The van der Waals surface area contributed by atoms with Gasteiger partial charge in [-0.25, -0.2) is 0 Å². The molecule has 1 nitrogen and oxygen atoms in total. The van der Waals surface area contributed by atoms with Gasteiger partial charge in [-0.3, -0.25) is 0 Å². The normalized spacial score (nSPS) is 11.5. The van der Waals surface area contributed by atoms with E-state index in [1.807, 2.05) is 26.0 Å². The van der Waals surface area contributed by atoms with Crippen LogP contribution in [0, 0.1) is 5.41 Å². The Morgan fingerprint density at radius 2 is 2.00 bits per heavy atom. The molecule has 0 amide bonds. The van der Waals surface area contributed by atoms with Crippen molar-refractivity contribution in [2.24, 2.45) is 11.1 Å². The molecule has 0 unspecified atom stereocenters. The Kier molecular flexibility index (Phi) is 3.99. The van der Waals surface area contributed by atoms with Gasteiger partial charge >= 0.3 is 0 Å². The van der Waals surface area contributed by atoms with E-state index < -0.39 is 0 Å². The van der Waals surface area contributed by atoms with Gasteiger partial charge in [0.1, 0.15) is 0 Å². The fraction of sp³-hybridized carbons (Fsp3) is 0.364. The van der Waals surface area contributed by atoms with Gasteiger partial charge in [-0.15, -0.1) is 0 Å². The third kappa shape index (κ3) is 3.33. The third-order valence-corrected chi connectivity index (χ3v) is 3.45. The molecule has 0 fully saturated rings. The summed E-state index contributed by atoms with van der Waals surface area (Å²) in [7, 11) is 0. The zero-order valence-electron chi connectivity index (χ0n) is 8.68. The molecular weight excluding hydrogens is 249 g/mol. The van der Waals surface area contributed by atoms with Crippen molar-refractivity contribution in [2.45, 2.75) is 20.3 Å². The van der Waals surface area contributed by atoms with Gasteiger partial charge in [0.05, 0.1) is 4.99 Å². The Morgan fingerprint density at radius 3 is 2.47 bits per heavy atom. The van der Waals surface area contributed by atoms with Gasteiger partial charge in [-0.05, 0) is 24.1 Å². The summed E-state index contributed by atoms with van der Waals surface area (Å²) in [6.07, 6.45) is 0.721. The largest absolute Gasteiger partial charge is 0.393 e. The highest BCUT2D eigenvalue weighted by molar-refractivity contribution is 7.80. The number of hydrogen-bond acceptors (Lipinski definition) is 1. The molecule has 0 aliphatic heterocycles. The van der Waals surface area contributed by atoms with Crippen LogP contribution in [0.15, 0.2) is 18.2 Å². The Balaban J connectivity index is 2.95. The van der Waals surface area contributed by atoms with E-state index in [0.717, 1.165) is 12.0 Å². The molecule has 0 heterocycles. The van der Waals surface area contributed by atoms with E-state index >= 15 is 0 Å². The van der Waals surface area contributed by atoms with E-state index in [4.69, 9.17) is 41.2 Å². The van der Waals surface area contributed by atoms with E-state index in [9.17, 15) is 0 Å². The zero-order chi connectivity index (χ0) is 11.6. The van der Waals surface area contributed by atoms with Gasteiger partial charge in [0.2, 0.25) is 0 Å². The average molecular weight is 262 g/mol. The van der Waals surface area contributed by atoms with Crippen molar-refractivity contribution in [1.29, 1.82) is 0 Å². The minimum Gasteiger partial charge on any atom is -0.393 e. The summed E-state index contributed by atoms with van der Waals surface area (Å²) in [6.45, 7) is 4.00. The van der Waals surface area contributed by atoms with Crippen molar-refractivity contribution in [3.8, 4) is 0 Å². The van der Waals surface area contributed by atoms with Crippen LogP contribution >= 0.6 is 35.4 Å². The minimum atomic E-state index is -0.229. The van der Waals surface area contributed by atoms with Crippen LogP contribution in [0.2, 0.25) is 10.0 Å². The molecule has 0 saturated heterocycles. The van der Waals surface area contributed by atoms with Crippen LogP contribution in [0.4, 0.5) is 0 Å². The molecule has 0 bridgehead atoms. The molecule has 0 saturated carbocycles. The van der Waals surface area contributed by atoms with Gasteiger partial charge in [0.25, 0.3) is 0 Å². The van der Waals surface area contributed by atoms with Gasteiger partial charge in [0, 0.05) is 15.5 Å². The first kappa shape index (κ1) is 12.8. The average Bonchev–Trinajstić information content (AvgIpc) is 2.09. The lowest BCUT2D eigenvalue weighted by atomic mass is 9.86. The van der Waals surface area contributed by atoms with Crippen LogP contribution in [0.25, 0.3) is 0 Å². The van der Waals surface area contributed by atoms with Crippen LogP contribution < -0.4 is 5.73 Å². The number of benzene rings is 1. The summed E-state index contributed by atoms with van der Waals surface area (Å²) >= 11 is 16.9. The van der Waals surface area contributed by atoms with Gasteiger partial charge in [0.15, 0.2) is 0 Å². The molecule has 0 aliphatic rings. The summed E-state index contributed by atoms with van der Waals surface area (Å²) in [5.74, 6) is 0. The van der Waals surface area contributed by atoms with E-state index in [0.29, 0.717) is 15.0 Å². The molecule has 1 aromatic rings. The summed E-state index contributed by atoms with van der Waals surface area (Å²) in [4.78, 5) is 0.494. The highest BCUT2D eigenvalue weighted by Gasteiger charge is 2.22. The van der Waals surface area contributed by atoms with Gasteiger partial charge < -0.3 is 5.73 Å². The first-order valence-electron chi connectivity index (χ1n) is 4.57. The minimum absolute atomic E-state index is 0.229. The molecule has 0 radical (unpaired) electrons. The van der Waals surface area contributed by atoms with Crippen LogP contribution in [-0.4, -0.2) is 4.99 Å². The number of halogens is 2. The van der Waals surface area contributed by atoms with Crippen LogP contribution in [-0.2, 0) is 6.42 Å². The van der Waals surface area contributed by atoms with Crippen LogP contribution in [0.5, 0.6) is 0 Å². The topological polar surface area (TPSA) is 26.0 Å². The molecule has 0 aromatic heterocycles. The summed E-state index contributed by atoms with van der Waals surface area (Å²) in [5.41, 5.74) is 6.44. The molecule has 2 N–H and O–H groups in total. The molecule has 82 valence electrons. The van der Waals surface area contributed by atoms with Crippen molar-refractivity contribution in [1.82, 2.24) is 0 Å². The maximum Gasteiger partial charge on any atom is 0.0787 e. The highest BCUT2D eigenvalue weighted by Crippen LogP contribution is 2.28. The Hall–Kier alpha value is -0.310. The van der Waals surface area contributed by atoms with Crippen molar-refractivity contribution < 1.29 is 0 Å². The van der Waals surface area contributed by atoms with E-state index in [1.165, 1.54) is 0 Å². The predicted octanol–water partition coefficient (Wildman–Crippen LogP) is 3.85. The van der Waals surface area contributed by atoms with Crippen molar-refractivity contribution >= 4 is 40.4 Å². The lowest BCUT2D eigenvalue weighted by Crippen LogP contribution is -2.31. The molecule has 1 rings (SSSR count). The number of rotatable bonds is 3. The van der Waals surface area contributed by atoms with E-state index in [-0.39, 0.29) is 5.41 Å². The highest BCUT2D eigenvalue weighted by atomic mass is 35.5. The lowest BCUT2D eigenvalue weighted by Gasteiger charge is -2.23. The van der Waals surface area contributed by atoms with Gasteiger partial charge in [-0.1, -0.05) is 55.3 Å². The van der Waals surface area contributed by atoms with Crippen LogP contribution in [0.1, 0.15) is 19.4 Å². The van der Waals surface area contributed by atoms with Crippen molar-refractivity contribution in [2.75, 3.05) is 0 Å². The fourth-order valence-electron chi connectivity index (χ4n) is 1.23. The maximum atomic E-state index is 6.07.